The molecule has 122 valence electrons. The van der Waals surface area contributed by atoms with Crippen molar-refractivity contribution in [2.45, 2.75) is 44.7 Å². The number of nitrogens with zero attached hydrogens (tertiary/aromatic N) is 2. The van der Waals surface area contributed by atoms with Gasteiger partial charge in [-0.1, -0.05) is 43.7 Å². The zero-order chi connectivity index (χ0) is 16.2. The summed E-state index contributed by atoms with van der Waals surface area (Å²) in [5, 5.41) is 12.6. The van der Waals surface area contributed by atoms with E-state index in [2.05, 4.69) is 24.4 Å². The minimum Gasteiger partial charge on any atom is -0.480 e. The van der Waals surface area contributed by atoms with E-state index >= 15 is 0 Å². The molecule has 2 heterocycles. The highest BCUT2D eigenvalue weighted by Gasteiger charge is 2.35. The summed E-state index contributed by atoms with van der Waals surface area (Å²) in [4.78, 5) is 18.2. The number of carboxylic acid groups (broad SMARTS) is 1. The first-order valence-corrected chi connectivity index (χ1v) is 8.25. The smallest absolute Gasteiger partial charge is 0.326 e. The number of carboxylic acids is 1. The maximum atomic E-state index is 11.4. The quantitative estimate of drug-likeness (QED) is 0.877. The van der Waals surface area contributed by atoms with Gasteiger partial charge in [-0.3, -0.25) is 4.99 Å². The maximum absolute atomic E-state index is 11.4. The Balaban J connectivity index is 1.80. The molecule has 1 unspecified atom stereocenters. The molecule has 2 aliphatic heterocycles. The molecule has 0 amide bonds. The Morgan fingerprint density at radius 1 is 1.43 bits per heavy atom. The third-order valence-corrected chi connectivity index (χ3v) is 4.49. The SMILES string of the molecule is CCC[C@@H](N=C1CN2C(=CN1)CCC2C(=O)O)c1ccccc1. The lowest BCUT2D eigenvalue weighted by molar-refractivity contribution is -0.141. The van der Waals surface area contributed by atoms with Crippen molar-refractivity contribution in [2.24, 2.45) is 4.99 Å². The molecule has 2 aliphatic rings. The van der Waals surface area contributed by atoms with Crippen molar-refractivity contribution < 1.29 is 9.90 Å². The predicted octanol–water partition coefficient (Wildman–Crippen LogP) is 2.92. The molecule has 0 bridgehead atoms. The first-order valence-electron chi connectivity index (χ1n) is 8.25. The molecule has 1 saturated heterocycles. The average molecular weight is 313 g/mol. The number of fused-ring (bicyclic) bond motifs is 1. The third-order valence-electron chi connectivity index (χ3n) is 4.49. The van der Waals surface area contributed by atoms with Gasteiger partial charge in [-0.05, 0) is 24.8 Å². The zero-order valence-corrected chi connectivity index (χ0v) is 13.4. The monoisotopic (exact) mass is 313 g/mol. The molecule has 1 aromatic carbocycles. The van der Waals surface area contributed by atoms with Crippen LogP contribution in [0.4, 0.5) is 0 Å². The standard InChI is InChI=1S/C18H23N3O2/c1-2-6-15(13-7-4-3-5-8-13)20-17-12-21-14(11-19-17)9-10-16(21)18(22)23/h3-5,7-8,11,15-16H,2,6,9-10,12H2,1H3,(H,19,20)(H,22,23)/t15-,16?/m1/s1. The molecule has 0 spiro atoms. The lowest BCUT2D eigenvalue weighted by Crippen LogP contribution is -2.44. The first-order chi connectivity index (χ1) is 11.2. The van der Waals surface area contributed by atoms with E-state index in [1.807, 2.05) is 29.3 Å². The van der Waals surface area contributed by atoms with E-state index in [-0.39, 0.29) is 6.04 Å². The summed E-state index contributed by atoms with van der Waals surface area (Å²) in [6.07, 6.45) is 5.44. The second-order valence-corrected chi connectivity index (χ2v) is 6.09. The van der Waals surface area contributed by atoms with Crippen LogP contribution >= 0.6 is 0 Å². The summed E-state index contributed by atoms with van der Waals surface area (Å²) < 4.78 is 0. The fourth-order valence-electron chi connectivity index (χ4n) is 3.30. The number of allylic oxidation sites excluding steroid dienone is 1. The van der Waals surface area contributed by atoms with Gasteiger partial charge in [-0.2, -0.15) is 0 Å². The second-order valence-electron chi connectivity index (χ2n) is 6.09. The van der Waals surface area contributed by atoms with Gasteiger partial charge >= 0.3 is 5.97 Å². The summed E-state index contributed by atoms with van der Waals surface area (Å²) in [5.74, 6) is 0.104. The molecule has 3 rings (SSSR count). The van der Waals surface area contributed by atoms with E-state index in [9.17, 15) is 9.90 Å². The fourth-order valence-corrected chi connectivity index (χ4v) is 3.30. The molecule has 5 heteroatoms. The van der Waals surface area contributed by atoms with Crippen molar-refractivity contribution in [3.63, 3.8) is 0 Å². The van der Waals surface area contributed by atoms with Crippen LogP contribution in [0.2, 0.25) is 0 Å². The third kappa shape index (κ3) is 3.38. The normalized spacial score (nSPS) is 23.2. The van der Waals surface area contributed by atoms with Gasteiger partial charge in [0.2, 0.25) is 0 Å². The Morgan fingerprint density at radius 3 is 2.91 bits per heavy atom. The van der Waals surface area contributed by atoms with E-state index in [0.717, 1.165) is 30.8 Å². The van der Waals surface area contributed by atoms with Gasteiger partial charge in [-0.25, -0.2) is 4.79 Å². The largest absolute Gasteiger partial charge is 0.480 e. The molecule has 5 nitrogen and oxygen atoms in total. The lowest BCUT2D eigenvalue weighted by Gasteiger charge is -2.30. The molecule has 0 radical (unpaired) electrons. The molecular weight excluding hydrogens is 290 g/mol. The topological polar surface area (TPSA) is 64.9 Å². The van der Waals surface area contributed by atoms with Gasteiger partial charge in [0.15, 0.2) is 0 Å². The Kier molecular flexibility index (Phi) is 4.65. The van der Waals surface area contributed by atoms with E-state index in [0.29, 0.717) is 13.0 Å². The molecule has 1 fully saturated rings. The number of rotatable bonds is 5. The second kappa shape index (κ2) is 6.86. The number of carbonyl (C=O) groups is 1. The van der Waals surface area contributed by atoms with Crippen molar-refractivity contribution in [3.8, 4) is 0 Å². The minimum atomic E-state index is -0.747. The molecule has 0 aliphatic carbocycles. The van der Waals surface area contributed by atoms with E-state index < -0.39 is 12.0 Å². The Bertz CT molecular complexity index is 624. The van der Waals surface area contributed by atoms with Crippen LogP contribution in [0.5, 0.6) is 0 Å². The van der Waals surface area contributed by atoms with E-state index in [1.54, 1.807) is 0 Å². The molecule has 0 saturated carbocycles. The zero-order valence-electron chi connectivity index (χ0n) is 13.4. The predicted molar refractivity (Wildman–Crippen MR) is 90.1 cm³/mol. The van der Waals surface area contributed by atoms with E-state index in [4.69, 9.17) is 4.99 Å². The molecular formula is C18H23N3O2. The summed E-state index contributed by atoms with van der Waals surface area (Å²) in [6, 6.07) is 9.97. The van der Waals surface area contributed by atoms with Gasteiger partial charge in [-0.15, -0.1) is 0 Å². The van der Waals surface area contributed by atoms with Crippen LogP contribution in [-0.2, 0) is 4.79 Å². The van der Waals surface area contributed by atoms with Gasteiger partial charge < -0.3 is 15.3 Å². The van der Waals surface area contributed by atoms with Gasteiger partial charge in [0.05, 0.1) is 12.6 Å². The van der Waals surface area contributed by atoms with Crippen LogP contribution in [0, 0.1) is 0 Å². The molecule has 2 atom stereocenters. The molecule has 1 aromatic rings. The Morgan fingerprint density at radius 2 is 2.22 bits per heavy atom. The number of nitrogens with one attached hydrogen (secondary N) is 1. The van der Waals surface area contributed by atoms with Crippen molar-refractivity contribution in [3.05, 3.63) is 47.8 Å². The van der Waals surface area contributed by atoms with Crippen LogP contribution in [0.1, 0.15) is 44.2 Å². The van der Waals surface area contributed by atoms with Crippen LogP contribution < -0.4 is 5.32 Å². The van der Waals surface area contributed by atoms with Crippen molar-refractivity contribution in [1.29, 1.82) is 0 Å². The number of aliphatic imine (C=N–C) groups is 1. The van der Waals surface area contributed by atoms with Crippen molar-refractivity contribution in [1.82, 2.24) is 10.2 Å². The van der Waals surface area contributed by atoms with Crippen LogP contribution in [0.3, 0.4) is 0 Å². The number of amidine groups is 1. The van der Waals surface area contributed by atoms with Crippen molar-refractivity contribution in [2.75, 3.05) is 6.54 Å². The fraction of sp³-hybridized carbons (Fsp3) is 0.444. The van der Waals surface area contributed by atoms with Gasteiger partial charge in [0.1, 0.15) is 11.9 Å². The molecule has 2 N–H and O–H groups in total. The van der Waals surface area contributed by atoms with Gasteiger partial charge in [0.25, 0.3) is 0 Å². The lowest BCUT2D eigenvalue weighted by atomic mass is 10.0. The summed E-state index contributed by atoms with van der Waals surface area (Å²) in [7, 11) is 0. The highest BCUT2D eigenvalue weighted by atomic mass is 16.4. The Hall–Kier alpha value is -2.30. The summed E-state index contributed by atoms with van der Waals surface area (Å²) in [6.45, 7) is 2.71. The van der Waals surface area contributed by atoms with Crippen LogP contribution in [0.25, 0.3) is 0 Å². The van der Waals surface area contributed by atoms with Crippen molar-refractivity contribution >= 4 is 11.8 Å². The maximum Gasteiger partial charge on any atom is 0.326 e. The van der Waals surface area contributed by atoms with Gasteiger partial charge in [0, 0.05) is 11.9 Å². The average Bonchev–Trinajstić information content (AvgIpc) is 2.99. The number of hydrogen-bond donors (Lipinski definition) is 2. The van der Waals surface area contributed by atoms with E-state index in [1.165, 1.54) is 5.56 Å². The minimum absolute atomic E-state index is 0.115. The number of benzene rings is 1. The highest BCUT2D eigenvalue weighted by Crippen LogP contribution is 2.29. The Labute approximate surface area is 136 Å². The number of hydrogen-bond acceptors (Lipinski definition) is 3. The van der Waals surface area contributed by atoms with Crippen LogP contribution in [-0.4, -0.2) is 34.4 Å². The van der Waals surface area contributed by atoms with Crippen LogP contribution in [0.15, 0.2) is 47.2 Å². The summed E-state index contributed by atoms with van der Waals surface area (Å²) >= 11 is 0. The molecule has 23 heavy (non-hydrogen) atoms. The molecule has 0 aromatic heterocycles. The first kappa shape index (κ1) is 15.6. The highest BCUT2D eigenvalue weighted by molar-refractivity contribution is 5.88. The summed E-state index contributed by atoms with van der Waals surface area (Å²) in [5.41, 5.74) is 2.28. The number of aliphatic carboxylic acids is 1.